The Bertz CT molecular complexity index is 228. The van der Waals surface area contributed by atoms with Crippen molar-refractivity contribution in [1.29, 1.82) is 0 Å². The van der Waals surface area contributed by atoms with Gasteiger partial charge in [0.25, 0.3) is 0 Å². The van der Waals surface area contributed by atoms with Gasteiger partial charge < -0.3 is 5.11 Å². The van der Waals surface area contributed by atoms with E-state index in [4.69, 9.17) is 0 Å². The Kier molecular flexibility index (Phi) is 4.52. The molecule has 0 amide bonds. The van der Waals surface area contributed by atoms with Gasteiger partial charge in [0.2, 0.25) is 0 Å². The van der Waals surface area contributed by atoms with E-state index in [0.717, 1.165) is 17.8 Å². The standard InChI is InChI=1S/C16H30O/c1-11-5-4-6-14(8-11)16(17)15-9-12(2)7-13(3)10-15/h11-17H,4-10H2,1-3H3. The predicted molar refractivity (Wildman–Crippen MR) is 72.8 cm³/mol. The molecule has 0 saturated heterocycles. The average molecular weight is 238 g/mol. The van der Waals surface area contributed by atoms with Gasteiger partial charge in [-0.3, -0.25) is 0 Å². The zero-order chi connectivity index (χ0) is 12.4. The van der Waals surface area contributed by atoms with E-state index in [-0.39, 0.29) is 6.10 Å². The van der Waals surface area contributed by atoms with Gasteiger partial charge >= 0.3 is 0 Å². The van der Waals surface area contributed by atoms with Crippen LogP contribution < -0.4 is 0 Å². The van der Waals surface area contributed by atoms with Crippen molar-refractivity contribution in [2.75, 3.05) is 0 Å². The van der Waals surface area contributed by atoms with Crippen molar-refractivity contribution in [3.8, 4) is 0 Å². The lowest BCUT2D eigenvalue weighted by Crippen LogP contribution is -2.36. The molecule has 1 heteroatoms. The lowest BCUT2D eigenvalue weighted by Gasteiger charge is -2.39. The average Bonchev–Trinajstić information content (AvgIpc) is 2.26. The van der Waals surface area contributed by atoms with Crippen molar-refractivity contribution in [1.82, 2.24) is 0 Å². The molecule has 0 spiro atoms. The van der Waals surface area contributed by atoms with Crippen molar-refractivity contribution in [2.45, 2.75) is 71.8 Å². The molecular formula is C16H30O. The van der Waals surface area contributed by atoms with Gasteiger partial charge in [0.15, 0.2) is 0 Å². The molecule has 100 valence electrons. The fourth-order valence-electron chi connectivity index (χ4n) is 4.46. The highest BCUT2D eigenvalue weighted by molar-refractivity contribution is 4.85. The van der Waals surface area contributed by atoms with Crippen LogP contribution in [-0.2, 0) is 0 Å². The third-order valence-corrected chi connectivity index (χ3v) is 5.16. The van der Waals surface area contributed by atoms with Crippen LogP contribution in [-0.4, -0.2) is 11.2 Å². The van der Waals surface area contributed by atoms with E-state index in [0.29, 0.717) is 11.8 Å². The number of rotatable bonds is 2. The molecule has 0 heterocycles. The van der Waals surface area contributed by atoms with Gasteiger partial charge in [-0.25, -0.2) is 0 Å². The van der Waals surface area contributed by atoms with Gasteiger partial charge in [-0.05, 0) is 61.7 Å². The van der Waals surface area contributed by atoms with E-state index < -0.39 is 0 Å². The van der Waals surface area contributed by atoms with E-state index >= 15 is 0 Å². The van der Waals surface area contributed by atoms with E-state index in [1.807, 2.05) is 0 Å². The highest BCUT2D eigenvalue weighted by Crippen LogP contribution is 2.40. The first-order chi connectivity index (χ1) is 8.06. The molecule has 0 aromatic heterocycles. The Morgan fingerprint density at radius 3 is 1.94 bits per heavy atom. The first-order valence-corrected chi connectivity index (χ1v) is 7.74. The summed E-state index contributed by atoms with van der Waals surface area (Å²) in [4.78, 5) is 0. The Balaban J connectivity index is 1.91. The molecule has 2 saturated carbocycles. The Morgan fingerprint density at radius 2 is 1.35 bits per heavy atom. The molecule has 17 heavy (non-hydrogen) atoms. The van der Waals surface area contributed by atoms with Crippen molar-refractivity contribution >= 4 is 0 Å². The highest BCUT2D eigenvalue weighted by atomic mass is 16.3. The smallest absolute Gasteiger partial charge is 0.0596 e. The SMILES string of the molecule is CC1CCCC(C(O)C2CC(C)CC(C)C2)C1. The maximum Gasteiger partial charge on any atom is 0.0596 e. The summed E-state index contributed by atoms with van der Waals surface area (Å²) in [6.45, 7) is 7.07. The molecule has 2 rings (SSSR count). The van der Waals surface area contributed by atoms with Gasteiger partial charge in [-0.15, -0.1) is 0 Å². The molecule has 0 aliphatic heterocycles. The van der Waals surface area contributed by atoms with Crippen LogP contribution in [0.5, 0.6) is 0 Å². The van der Waals surface area contributed by atoms with Crippen molar-refractivity contribution in [2.24, 2.45) is 29.6 Å². The topological polar surface area (TPSA) is 20.2 Å². The van der Waals surface area contributed by atoms with Crippen LogP contribution >= 0.6 is 0 Å². The maximum absolute atomic E-state index is 10.7. The molecule has 1 nitrogen and oxygen atoms in total. The molecule has 2 fully saturated rings. The van der Waals surface area contributed by atoms with Crippen molar-refractivity contribution < 1.29 is 5.11 Å². The second kappa shape index (κ2) is 5.73. The predicted octanol–water partition coefficient (Wildman–Crippen LogP) is 4.25. The van der Waals surface area contributed by atoms with Gasteiger partial charge in [-0.2, -0.15) is 0 Å². The summed E-state index contributed by atoms with van der Waals surface area (Å²) < 4.78 is 0. The fraction of sp³-hybridized carbons (Fsp3) is 1.00. The second-order valence-corrected chi connectivity index (χ2v) is 7.20. The molecule has 1 N–H and O–H groups in total. The second-order valence-electron chi connectivity index (χ2n) is 7.20. The number of hydrogen-bond acceptors (Lipinski definition) is 1. The summed E-state index contributed by atoms with van der Waals surface area (Å²) in [5.74, 6) is 3.66. The van der Waals surface area contributed by atoms with Crippen LogP contribution in [0, 0.1) is 29.6 Å². The monoisotopic (exact) mass is 238 g/mol. The first-order valence-electron chi connectivity index (χ1n) is 7.74. The number of aliphatic hydroxyl groups is 1. The Labute approximate surface area is 107 Å². The normalized spacial score (nSPS) is 45.5. The van der Waals surface area contributed by atoms with Gasteiger partial charge in [0.1, 0.15) is 0 Å². The minimum Gasteiger partial charge on any atom is -0.393 e. The molecule has 0 aromatic rings. The molecular weight excluding hydrogens is 208 g/mol. The summed E-state index contributed by atoms with van der Waals surface area (Å²) in [6.07, 6.45) is 9.12. The summed E-state index contributed by atoms with van der Waals surface area (Å²) >= 11 is 0. The summed E-state index contributed by atoms with van der Waals surface area (Å²) in [5.41, 5.74) is 0. The van der Waals surface area contributed by atoms with Crippen LogP contribution in [0.25, 0.3) is 0 Å². The quantitative estimate of drug-likeness (QED) is 0.762. The Morgan fingerprint density at radius 1 is 0.765 bits per heavy atom. The number of hydrogen-bond donors (Lipinski definition) is 1. The number of aliphatic hydroxyl groups excluding tert-OH is 1. The lowest BCUT2D eigenvalue weighted by atomic mass is 9.69. The minimum absolute atomic E-state index is 0.0112. The summed E-state index contributed by atoms with van der Waals surface area (Å²) in [6, 6.07) is 0. The third-order valence-electron chi connectivity index (χ3n) is 5.16. The van der Waals surface area contributed by atoms with Crippen LogP contribution in [0.4, 0.5) is 0 Å². The zero-order valence-electron chi connectivity index (χ0n) is 11.9. The molecule has 0 aromatic carbocycles. The zero-order valence-corrected chi connectivity index (χ0v) is 11.9. The van der Waals surface area contributed by atoms with Crippen LogP contribution in [0.3, 0.4) is 0 Å². The summed E-state index contributed by atoms with van der Waals surface area (Å²) in [7, 11) is 0. The van der Waals surface area contributed by atoms with Gasteiger partial charge in [0.05, 0.1) is 6.10 Å². The minimum atomic E-state index is -0.0112. The first kappa shape index (κ1) is 13.4. The molecule has 5 unspecified atom stereocenters. The Hall–Kier alpha value is -0.0400. The molecule has 0 radical (unpaired) electrons. The van der Waals surface area contributed by atoms with E-state index in [1.54, 1.807) is 0 Å². The van der Waals surface area contributed by atoms with E-state index in [9.17, 15) is 5.11 Å². The third kappa shape index (κ3) is 3.47. The van der Waals surface area contributed by atoms with Crippen molar-refractivity contribution in [3.63, 3.8) is 0 Å². The maximum atomic E-state index is 10.7. The molecule has 0 bridgehead atoms. The molecule has 2 aliphatic carbocycles. The molecule has 2 aliphatic rings. The van der Waals surface area contributed by atoms with Crippen LogP contribution in [0.1, 0.15) is 65.7 Å². The lowest BCUT2D eigenvalue weighted by molar-refractivity contribution is -0.00589. The largest absolute Gasteiger partial charge is 0.393 e. The van der Waals surface area contributed by atoms with E-state index in [2.05, 4.69) is 20.8 Å². The van der Waals surface area contributed by atoms with Gasteiger partial charge in [0, 0.05) is 0 Å². The fourth-order valence-corrected chi connectivity index (χ4v) is 4.46. The summed E-state index contributed by atoms with van der Waals surface area (Å²) in [5, 5.41) is 10.7. The van der Waals surface area contributed by atoms with E-state index in [1.165, 1.54) is 44.9 Å². The van der Waals surface area contributed by atoms with Gasteiger partial charge in [-0.1, -0.05) is 33.6 Å². The highest BCUT2D eigenvalue weighted by Gasteiger charge is 2.34. The molecule has 5 atom stereocenters. The van der Waals surface area contributed by atoms with Crippen molar-refractivity contribution in [3.05, 3.63) is 0 Å². The van der Waals surface area contributed by atoms with Crippen LogP contribution in [0.15, 0.2) is 0 Å². The van der Waals surface area contributed by atoms with Crippen LogP contribution in [0.2, 0.25) is 0 Å².